The minimum absolute atomic E-state index is 0.0397. The zero-order valence-corrected chi connectivity index (χ0v) is 18.9. The third-order valence-corrected chi connectivity index (χ3v) is 6.63. The summed E-state index contributed by atoms with van der Waals surface area (Å²) < 4.78 is 0. The number of anilines is 1. The molecule has 1 amide bonds. The molecule has 0 aliphatic carbocycles. The van der Waals surface area contributed by atoms with Crippen LogP contribution in [0.1, 0.15) is 23.2 Å². The Hall–Kier alpha value is -1.63. The number of nitrogens with one attached hydrogen (secondary N) is 1. The van der Waals surface area contributed by atoms with E-state index < -0.39 is 0 Å². The normalized spacial score (nSPS) is 26.2. The van der Waals surface area contributed by atoms with Crippen molar-refractivity contribution in [1.29, 1.82) is 0 Å². The summed E-state index contributed by atoms with van der Waals surface area (Å²) in [4.78, 5) is 21.9. The molecule has 0 spiro atoms. The summed E-state index contributed by atoms with van der Waals surface area (Å²) in [7, 11) is 10.5. The molecule has 1 aromatic rings. The highest BCUT2D eigenvalue weighted by atomic mass is 16.1. The van der Waals surface area contributed by atoms with Gasteiger partial charge in [0.15, 0.2) is 0 Å². The number of piperidine rings is 3. The molecule has 162 valence electrons. The number of nitrogens with zero attached hydrogens (tertiary/aromatic N) is 4. The maximum absolute atomic E-state index is 12.6. The molecule has 4 atom stereocenters. The van der Waals surface area contributed by atoms with Crippen LogP contribution in [0, 0.1) is 11.8 Å². The van der Waals surface area contributed by atoms with Crippen LogP contribution in [0.5, 0.6) is 0 Å². The van der Waals surface area contributed by atoms with Crippen LogP contribution in [-0.4, -0.2) is 101 Å². The first-order valence-electron chi connectivity index (χ1n) is 11.0. The molecule has 0 radical (unpaired) electrons. The minimum Gasteiger partial charge on any atom is -0.378 e. The van der Waals surface area contributed by atoms with Crippen LogP contribution < -0.4 is 10.2 Å². The average Bonchev–Trinajstić information content (AvgIpc) is 2.71. The summed E-state index contributed by atoms with van der Waals surface area (Å²) in [6.07, 6.45) is 2.52. The second kappa shape index (κ2) is 9.92. The fourth-order valence-corrected chi connectivity index (χ4v) is 4.75. The van der Waals surface area contributed by atoms with Gasteiger partial charge in [-0.2, -0.15) is 0 Å². The molecular formula is C23H39N5O. The van der Waals surface area contributed by atoms with E-state index in [2.05, 4.69) is 41.2 Å². The number of hydrogen-bond acceptors (Lipinski definition) is 5. The van der Waals surface area contributed by atoms with Gasteiger partial charge in [0.25, 0.3) is 5.91 Å². The van der Waals surface area contributed by atoms with E-state index in [9.17, 15) is 4.79 Å². The van der Waals surface area contributed by atoms with Crippen LogP contribution in [0.15, 0.2) is 24.3 Å². The van der Waals surface area contributed by atoms with Crippen molar-refractivity contribution in [3.63, 3.8) is 0 Å². The predicted octanol–water partition coefficient (Wildman–Crippen LogP) is 1.69. The molecule has 2 bridgehead atoms. The van der Waals surface area contributed by atoms with Crippen LogP contribution in [0.2, 0.25) is 0 Å². The van der Waals surface area contributed by atoms with Crippen molar-refractivity contribution in [2.45, 2.75) is 18.9 Å². The maximum atomic E-state index is 12.6. The number of likely N-dealkylation sites (N-methyl/N-ethyl adjacent to an activating group) is 2. The number of benzene rings is 1. The van der Waals surface area contributed by atoms with Crippen molar-refractivity contribution in [3.05, 3.63) is 29.8 Å². The SMILES string of the molecule is CN(C)CCN(C)CC1CN2CCC1CC2CNC(=O)c1ccc(N(C)C)cc1. The molecule has 6 heteroatoms. The first-order valence-corrected chi connectivity index (χ1v) is 11.0. The van der Waals surface area contributed by atoms with Crippen LogP contribution in [0.3, 0.4) is 0 Å². The van der Waals surface area contributed by atoms with Gasteiger partial charge in [-0.1, -0.05) is 0 Å². The number of hydrogen-bond donors (Lipinski definition) is 1. The molecule has 1 N–H and O–H groups in total. The smallest absolute Gasteiger partial charge is 0.251 e. The molecule has 3 fully saturated rings. The topological polar surface area (TPSA) is 42.1 Å². The van der Waals surface area contributed by atoms with Gasteiger partial charge in [0.2, 0.25) is 0 Å². The molecule has 4 rings (SSSR count). The molecule has 6 nitrogen and oxygen atoms in total. The Morgan fingerprint density at radius 3 is 2.41 bits per heavy atom. The van der Waals surface area contributed by atoms with Crippen molar-refractivity contribution in [2.75, 3.05) is 79.4 Å². The Morgan fingerprint density at radius 2 is 1.83 bits per heavy atom. The molecule has 3 heterocycles. The second-order valence-electron chi connectivity index (χ2n) is 9.41. The average molecular weight is 402 g/mol. The zero-order valence-electron chi connectivity index (χ0n) is 18.9. The summed E-state index contributed by atoms with van der Waals surface area (Å²) >= 11 is 0. The second-order valence-corrected chi connectivity index (χ2v) is 9.41. The first kappa shape index (κ1) is 22.1. The summed E-state index contributed by atoms with van der Waals surface area (Å²) in [5.74, 6) is 1.60. The lowest BCUT2D eigenvalue weighted by molar-refractivity contribution is -0.00916. The highest BCUT2D eigenvalue weighted by Crippen LogP contribution is 2.36. The summed E-state index contributed by atoms with van der Waals surface area (Å²) in [6, 6.07) is 8.31. The highest BCUT2D eigenvalue weighted by Gasteiger charge is 2.40. The van der Waals surface area contributed by atoms with E-state index in [0.29, 0.717) is 6.04 Å². The van der Waals surface area contributed by atoms with Gasteiger partial charge in [0.1, 0.15) is 0 Å². The maximum Gasteiger partial charge on any atom is 0.251 e. The van der Waals surface area contributed by atoms with Crippen LogP contribution >= 0.6 is 0 Å². The molecule has 3 saturated heterocycles. The molecule has 3 aliphatic rings. The molecule has 4 unspecified atom stereocenters. The van der Waals surface area contributed by atoms with Crippen LogP contribution in [-0.2, 0) is 0 Å². The molecule has 0 aromatic heterocycles. The largest absolute Gasteiger partial charge is 0.378 e. The highest BCUT2D eigenvalue weighted by molar-refractivity contribution is 5.94. The number of carbonyl (C=O) groups is 1. The molecule has 0 saturated carbocycles. The zero-order chi connectivity index (χ0) is 21.0. The Labute approximate surface area is 176 Å². The van der Waals surface area contributed by atoms with Crippen molar-refractivity contribution < 1.29 is 4.79 Å². The lowest BCUT2D eigenvalue weighted by Gasteiger charge is -2.50. The minimum atomic E-state index is 0.0397. The van der Waals surface area contributed by atoms with Gasteiger partial charge in [-0.25, -0.2) is 0 Å². The first-order chi connectivity index (χ1) is 13.8. The van der Waals surface area contributed by atoms with E-state index in [0.717, 1.165) is 42.7 Å². The van der Waals surface area contributed by atoms with Gasteiger partial charge in [0, 0.05) is 64.1 Å². The van der Waals surface area contributed by atoms with E-state index in [1.807, 2.05) is 43.3 Å². The standard InChI is InChI=1S/C23H39N5O/c1-25(2)12-13-27(5)16-20-17-28-11-10-19(20)14-22(28)15-24-23(29)18-6-8-21(9-7-18)26(3)4/h6-9,19-20,22H,10-17H2,1-5H3,(H,24,29). The van der Waals surface area contributed by atoms with E-state index in [4.69, 9.17) is 0 Å². The number of fused-ring (bicyclic) bond motifs is 3. The van der Waals surface area contributed by atoms with E-state index in [1.54, 1.807) is 0 Å². The molecular weight excluding hydrogens is 362 g/mol. The van der Waals surface area contributed by atoms with Crippen LogP contribution in [0.4, 0.5) is 5.69 Å². The van der Waals surface area contributed by atoms with E-state index in [1.165, 1.54) is 32.5 Å². The number of carbonyl (C=O) groups excluding carboxylic acids is 1. The van der Waals surface area contributed by atoms with E-state index >= 15 is 0 Å². The van der Waals surface area contributed by atoms with Gasteiger partial charge in [-0.3, -0.25) is 9.69 Å². The lowest BCUT2D eigenvalue weighted by atomic mass is 9.75. The third-order valence-electron chi connectivity index (χ3n) is 6.63. The fraction of sp³-hybridized carbons (Fsp3) is 0.696. The Kier molecular flexibility index (Phi) is 7.55. The van der Waals surface area contributed by atoms with Crippen molar-refractivity contribution in [1.82, 2.24) is 20.0 Å². The number of rotatable bonds is 9. The van der Waals surface area contributed by atoms with Gasteiger partial charge in [-0.05, 0) is 76.6 Å². The van der Waals surface area contributed by atoms with Gasteiger partial charge >= 0.3 is 0 Å². The van der Waals surface area contributed by atoms with Gasteiger partial charge in [-0.15, -0.1) is 0 Å². The molecule has 1 aromatic carbocycles. The Balaban J connectivity index is 1.46. The fourth-order valence-electron chi connectivity index (χ4n) is 4.75. The molecule has 3 aliphatic heterocycles. The summed E-state index contributed by atoms with van der Waals surface area (Å²) in [6.45, 7) is 6.54. The lowest BCUT2D eigenvalue weighted by Crippen LogP contribution is -2.58. The summed E-state index contributed by atoms with van der Waals surface area (Å²) in [5.41, 5.74) is 1.85. The summed E-state index contributed by atoms with van der Waals surface area (Å²) in [5, 5.41) is 3.18. The predicted molar refractivity (Wildman–Crippen MR) is 121 cm³/mol. The third kappa shape index (κ3) is 5.93. The van der Waals surface area contributed by atoms with E-state index in [-0.39, 0.29) is 5.91 Å². The Bertz CT molecular complexity index is 660. The Morgan fingerprint density at radius 1 is 1.10 bits per heavy atom. The van der Waals surface area contributed by atoms with Crippen molar-refractivity contribution in [2.24, 2.45) is 11.8 Å². The van der Waals surface area contributed by atoms with Gasteiger partial charge < -0.3 is 20.0 Å². The number of amides is 1. The van der Waals surface area contributed by atoms with Crippen molar-refractivity contribution in [3.8, 4) is 0 Å². The van der Waals surface area contributed by atoms with Crippen LogP contribution in [0.25, 0.3) is 0 Å². The quantitative estimate of drug-likeness (QED) is 0.682. The van der Waals surface area contributed by atoms with Crippen molar-refractivity contribution >= 4 is 11.6 Å². The van der Waals surface area contributed by atoms with Gasteiger partial charge in [0.05, 0.1) is 0 Å². The molecule has 29 heavy (non-hydrogen) atoms. The monoisotopic (exact) mass is 401 g/mol.